The van der Waals surface area contributed by atoms with Gasteiger partial charge in [-0.1, -0.05) is 41.9 Å². The number of benzene rings is 2. The van der Waals surface area contributed by atoms with Crippen molar-refractivity contribution in [2.75, 3.05) is 5.32 Å². The lowest BCUT2D eigenvalue weighted by molar-refractivity contribution is -0.129. The van der Waals surface area contributed by atoms with Gasteiger partial charge in [-0.15, -0.1) is 0 Å². The average molecular weight is 355 g/mol. The Balaban J connectivity index is 1.84. The van der Waals surface area contributed by atoms with Crippen LogP contribution in [0.25, 0.3) is 6.08 Å². The molecule has 1 atom stereocenters. The third-order valence-electron chi connectivity index (χ3n) is 4.32. The number of nitrogens with zero attached hydrogens (tertiary/aromatic N) is 1. The van der Waals surface area contributed by atoms with E-state index in [0.717, 1.165) is 16.7 Å². The Bertz CT molecular complexity index is 861. The van der Waals surface area contributed by atoms with E-state index in [1.807, 2.05) is 43.3 Å². The monoisotopic (exact) mass is 354 g/mol. The van der Waals surface area contributed by atoms with E-state index in [1.165, 1.54) is 6.92 Å². The van der Waals surface area contributed by atoms with E-state index in [4.69, 9.17) is 11.6 Å². The number of hydrogen-bond acceptors (Lipinski definition) is 2. The molecule has 1 unspecified atom stereocenters. The highest BCUT2D eigenvalue weighted by atomic mass is 35.5. The molecular formula is C20H19ClN2O2. The summed E-state index contributed by atoms with van der Waals surface area (Å²) in [4.78, 5) is 26.2. The average Bonchev–Trinajstić information content (AvgIpc) is 2.58. The van der Waals surface area contributed by atoms with Gasteiger partial charge >= 0.3 is 0 Å². The fourth-order valence-electron chi connectivity index (χ4n) is 3.02. The van der Waals surface area contributed by atoms with E-state index in [1.54, 1.807) is 23.2 Å². The Morgan fingerprint density at radius 1 is 1.20 bits per heavy atom. The molecule has 0 bridgehead atoms. The highest BCUT2D eigenvalue weighted by Crippen LogP contribution is 2.33. The van der Waals surface area contributed by atoms with Gasteiger partial charge in [-0.2, -0.15) is 0 Å². The van der Waals surface area contributed by atoms with Crippen LogP contribution in [0.15, 0.2) is 48.7 Å². The molecule has 1 aliphatic rings. The minimum atomic E-state index is -0.321. The van der Waals surface area contributed by atoms with Crippen LogP contribution < -0.4 is 5.32 Å². The van der Waals surface area contributed by atoms with Crippen LogP contribution >= 0.6 is 11.6 Å². The molecule has 0 radical (unpaired) electrons. The largest absolute Gasteiger partial charge is 0.326 e. The third-order valence-corrected chi connectivity index (χ3v) is 4.56. The first-order valence-electron chi connectivity index (χ1n) is 8.08. The van der Waals surface area contributed by atoms with Crippen molar-refractivity contribution in [3.63, 3.8) is 0 Å². The lowest BCUT2D eigenvalue weighted by Crippen LogP contribution is -2.33. The SMILES string of the molecule is CC(=O)N1C=Cc2ccccc2C1CC(=O)Nc1cc(Cl)ccc1C. The van der Waals surface area contributed by atoms with E-state index in [0.29, 0.717) is 10.7 Å². The zero-order valence-corrected chi connectivity index (χ0v) is 14.9. The molecule has 128 valence electrons. The molecule has 0 aromatic heterocycles. The normalized spacial score (nSPS) is 15.6. The van der Waals surface area contributed by atoms with Crippen molar-refractivity contribution in [1.82, 2.24) is 4.90 Å². The zero-order chi connectivity index (χ0) is 18.0. The summed E-state index contributed by atoms with van der Waals surface area (Å²) in [6, 6.07) is 12.9. The van der Waals surface area contributed by atoms with Gasteiger partial charge in [0.2, 0.25) is 11.8 Å². The van der Waals surface area contributed by atoms with E-state index in [9.17, 15) is 9.59 Å². The summed E-state index contributed by atoms with van der Waals surface area (Å²) in [7, 11) is 0. The summed E-state index contributed by atoms with van der Waals surface area (Å²) < 4.78 is 0. The Morgan fingerprint density at radius 2 is 1.96 bits per heavy atom. The molecule has 0 saturated carbocycles. The van der Waals surface area contributed by atoms with Crippen molar-refractivity contribution in [1.29, 1.82) is 0 Å². The summed E-state index contributed by atoms with van der Waals surface area (Å²) in [5.41, 5.74) is 3.62. The van der Waals surface area contributed by atoms with Gasteiger partial charge in [0, 0.05) is 23.8 Å². The van der Waals surface area contributed by atoms with Gasteiger partial charge in [-0.25, -0.2) is 0 Å². The maximum Gasteiger partial charge on any atom is 0.226 e. The summed E-state index contributed by atoms with van der Waals surface area (Å²) in [6.45, 7) is 3.41. The molecule has 2 aromatic carbocycles. The maximum absolute atomic E-state index is 12.6. The molecule has 5 heteroatoms. The zero-order valence-electron chi connectivity index (χ0n) is 14.1. The highest BCUT2D eigenvalue weighted by Gasteiger charge is 2.28. The predicted octanol–water partition coefficient (Wildman–Crippen LogP) is 4.55. The summed E-state index contributed by atoms with van der Waals surface area (Å²) in [5.74, 6) is -0.255. The van der Waals surface area contributed by atoms with Crippen molar-refractivity contribution in [2.24, 2.45) is 0 Å². The molecule has 25 heavy (non-hydrogen) atoms. The van der Waals surface area contributed by atoms with Crippen LogP contribution in [0, 0.1) is 6.92 Å². The first kappa shape index (κ1) is 17.2. The Kier molecular flexibility index (Phi) is 4.91. The number of rotatable bonds is 3. The van der Waals surface area contributed by atoms with Crippen LogP contribution in [0.2, 0.25) is 5.02 Å². The van der Waals surface area contributed by atoms with E-state index in [-0.39, 0.29) is 24.3 Å². The number of aryl methyl sites for hydroxylation is 1. The maximum atomic E-state index is 12.6. The second-order valence-electron chi connectivity index (χ2n) is 6.10. The quantitative estimate of drug-likeness (QED) is 0.878. The van der Waals surface area contributed by atoms with Crippen LogP contribution in [-0.2, 0) is 9.59 Å². The first-order chi connectivity index (χ1) is 12.0. The molecule has 0 saturated heterocycles. The molecule has 0 fully saturated rings. The van der Waals surface area contributed by atoms with Crippen LogP contribution in [0.1, 0.15) is 36.1 Å². The standard InChI is InChI=1S/C20H19ClN2O2/c1-13-7-8-16(21)11-18(13)22-20(25)12-19-17-6-4-3-5-15(17)9-10-23(19)14(2)24/h3-11,19H,12H2,1-2H3,(H,22,25). The Hall–Kier alpha value is -2.59. The fraction of sp³-hybridized carbons (Fsp3) is 0.200. The van der Waals surface area contributed by atoms with Crippen LogP contribution in [0.4, 0.5) is 5.69 Å². The van der Waals surface area contributed by atoms with Crippen LogP contribution in [0.5, 0.6) is 0 Å². The van der Waals surface area contributed by atoms with Gasteiger partial charge in [0.25, 0.3) is 0 Å². The van der Waals surface area contributed by atoms with E-state index < -0.39 is 0 Å². The van der Waals surface area contributed by atoms with E-state index >= 15 is 0 Å². The molecule has 2 amide bonds. The number of carbonyl (C=O) groups is 2. The van der Waals surface area contributed by atoms with Crippen molar-refractivity contribution < 1.29 is 9.59 Å². The molecule has 3 rings (SSSR count). The molecule has 0 spiro atoms. The van der Waals surface area contributed by atoms with Gasteiger partial charge in [0.1, 0.15) is 0 Å². The van der Waals surface area contributed by atoms with Gasteiger partial charge < -0.3 is 10.2 Å². The second-order valence-corrected chi connectivity index (χ2v) is 6.53. The molecule has 1 N–H and O–H groups in total. The van der Waals surface area contributed by atoms with Crippen molar-refractivity contribution in [2.45, 2.75) is 26.3 Å². The minimum absolute atomic E-state index is 0.0949. The Morgan fingerprint density at radius 3 is 2.72 bits per heavy atom. The molecular weight excluding hydrogens is 336 g/mol. The minimum Gasteiger partial charge on any atom is -0.326 e. The second kappa shape index (κ2) is 7.11. The number of nitrogens with one attached hydrogen (secondary N) is 1. The third kappa shape index (κ3) is 3.74. The van der Waals surface area contributed by atoms with Crippen molar-refractivity contribution in [3.8, 4) is 0 Å². The van der Waals surface area contributed by atoms with Crippen LogP contribution in [0.3, 0.4) is 0 Å². The summed E-state index contributed by atoms with van der Waals surface area (Å²) in [5, 5.41) is 3.47. The van der Waals surface area contributed by atoms with Crippen LogP contribution in [-0.4, -0.2) is 16.7 Å². The highest BCUT2D eigenvalue weighted by molar-refractivity contribution is 6.31. The number of amides is 2. The number of fused-ring (bicyclic) bond motifs is 1. The van der Waals surface area contributed by atoms with Crippen molar-refractivity contribution >= 4 is 35.2 Å². The molecule has 1 aliphatic heterocycles. The number of hydrogen-bond donors (Lipinski definition) is 1. The lowest BCUT2D eigenvalue weighted by atomic mass is 9.93. The van der Waals surface area contributed by atoms with Gasteiger partial charge in [0.05, 0.1) is 12.5 Å². The number of halogens is 1. The smallest absolute Gasteiger partial charge is 0.226 e. The first-order valence-corrected chi connectivity index (χ1v) is 8.45. The molecule has 2 aromatic rings. The number of carbonyl (C=O) groups excluding carboxylic acids is 2. The van der Waals surface area contributed by atoms with Gasteiger partial charge in [0.15, 0.2) is 0 Å². The van der Waals surface area contributed by atoms with Gasteiger partial charge in [-0.05, 0) is 41.8 Å². The van der Waals surface area contributed by atoms with E-state index in [2.05, 4.69) is 5.32 Å². The topological polar surface area (TPSA) is 49.4 Å². The summed E-state index contributed by atoms with van der Waals surface area (Å²) in [6.07, 6.45) is 3.81. The predicted molar refractivity (Wildman–Crippen MR) is 100 cm³/mol. The molecule has 1 heterocycles. The fourth-order valence-corrected chi connectivity index (χ4v) is 3.19. The Labute approximate surface area is 152 Å². The summed E-state index contributed by atoms with van der Waals surface area (Å²) >= 11 is 6.01. The van der Waals surface area contributed by atoms with Gasteiger partial charge in [-0.3, -0.25) is 9.59 Å². The van der Waals surface area contributed by atoms with Crippen molar-refractivity contribution in [3.05, 3.63) is 70.4 Å². The molecule has 4 nitrogen and oxygen atoms in total. The lowest BCUT2D eigenvalue weighted by Gasteiger charge is -2.32. The molecule has 0 aliphatic carbocycles. The number of anilines is 1.